The van der Waals surface area contributed by atoms with E-state index in [1.807, 2.05) is 0 Å². The molecule has 0 saturated heterocycles. The summed E-state index contributed by atoms with van der Waals surface area (Å²) in [7, 11) is 0. The molecule has 0 radical (unpaired) electrons. The Hall–Kier alpha value is -5.60. The second-order valence-corrected chi connectivity index (χ2v) is 11.7. The molecule has 7 aromatic carbocycles. The maximum absolute atomic E-state index is 6.83. The number of fused-ring (bicyclic) bond motifs is 8. The topological polar surface area (TPSA) is 12.5 Å². The molecule has 0 amide bonds. The molecule has 0 N–H and O–H groups in total. The quantitative estimate of drug-likeness (QED) is 0.198. The number of nitrogens with zero attached hydrogens (tertiary/aromatic N) is 1. The molecule has 2 unspecified atom stereocenters. The van der Waals surface area contributed by atoms with Crippen LogP contribution in [-0.2, 0) is 0 Å². The number of hydrogen-bond donors (Lipinski definition) is 0. The molecule has 0 aromatic heterocycles. The summed E-state index contributed by atoms with van der Waals surface area (Å²) >= 11 is 0. The average molecular weight is 564 g/mol. The van der Waals surface area contributed by atoms with Gasteiger partial charge in [-0.05, 0) is 80.2 Å². The fourth-order valence-electron chi connectivity index (χ4n) is 7.11. The zero-order valence-corrected chi connectivity index (χ0v) is 24.1. The highest BCUT2D eigenvalue weighted by Crippen LogP contribution is 2.52. The maximum Gasteiger partial charge on any atom is 0.148 e. The van der Waals surface area contributed by atoms with Crippen molar-refractivity contribution < 1.29 is 4.74 Å². The van der Waals surface area contributed by atoms with Gasteiger partial charge in [-0.3, -0.25) is 0 Å². The van der Waals surface area contributed by atoms with Crippen molar-refractivity contribution in [1.29, 1.82) is 0 Å². The minimum atomic E-state index is -0.0219. The summed E-state index contributed by atoms with van der Waals surface area (Å²) in [5, 5.41) is 5.00. The van der Waals surface area contributed by atoms with Gasteiger partial charge in [-0.2, -0.15) is 0 Å². The second kappa shape index (κ2) is 10.00. The Balaban J connectivity index is 1.22. The molecule has 1 heterocycles. The Kier molecular flexibility index (Phi) is 5.67. The third-order valence-corrected chi connectivity index (χ3v) is 9.20. The van der Waals surface area contributed by atoms with Crippen LogP contribution in [0.4, 0.5) is 17.1 Å². The average Bonchev–Trinajstić information content (AvgIpc) is 3.49. The molecule has 7 aromatic rings. The number of benzene rings is 7. The Labute approximate surface area is 257 Å². The van der Waals surface area contributed by atoms with Crippen molar-refractivity contribution in [3.05, 3.63) is 174 Å². The lowest BCUT2D eigenvalue weighted by atomic mass is 9.82. The summed E-state index contributed by atoms with van der Waals surface area (Å²) in [6, 6.07) is 54.6. The van der Waals surface area contributed by atoms with Gasteiger partial charge in [-0.1, -0.05) is 127 Å². The molecule has 1 aliphatic heterocycles. The zero-order chi connectivity index (χ0) is 29.0. The van der Waals surface area contributed by atoms with E-state index < -0.39 is 0 Å². The zero-order valence-electron chi connectivity index (χ0n) is 24.1. The minimum absolute atomic E-state index is 0.0219. The van der Waals surface area contributed by atoms with Crippen LogP contribution in [0.15, 0.2) is 158 Å². The molecule has 0 fully saturated rings. The Morgan fingerprint density at radius 1 is 0.500 bits per heavy atom. The van der Waals surface area contributed by atoms with Gasteiger partial charge in [0.25, 0.3) is 0 Å². The van der Waals surface area contributed by atoms with E-state index >= 15 is 0 Å². The smallest absolute Gasteiger partial charge is 0.148 e. The monoisotopic (exact) mass is 563 g/mol. The van der Waals surface area contributed by atoms with Crippen LogP contribution in [0, 0.1) is 0 Å². The van der Waals surface area contributed by atoms with E-state index in [1.165, 1.54) is 49.4 Å². The van der Waals surface area contributed by atoms with E-state index in [9.17, 15) is 0 Å². The molecule has 44 heavy (non-hydrogen) atoms. The summed E-state index contributed by atoms with van der Waals surface area (Å²) < 4.78 is 6.83. The third-order valence-electron chi connectivity index (χ3n) is 9.20. The minimum Gasteiger partial charge on any atom is -0.483 e. The summed E-state index contributed by atoms with van der Waals surface area (Å²) in [5.74, 6) is 1.13. The van der Waals surface area contributed by atoms with Crippen molar-refractivity contribution in [3.63, 3.8) is 0 Å². The van der Waals surface area contributed by atoms with Crippen LogP contribution in [0.25, 0.3) is 38.7 Å². The van der Waals surface area contributed by atoms with E-state index in [0.717, 1.165) is 22.8 Å². The number of rotatable bonds is 4. The predicted molar refractivity (Wildman–Crippen MR) is 183 cm³/mol. The highest BCUT2D eigenvalue weighted by molar-refractivity contribution is 6.08. The first kappa shape index (κ1) is 24.9. The fraction of sp³-hybridized carbons (Fsp3) is 0.0476. The summed E-state index contributed by atoms with van der Waals surface area (Å²) in [6.45, 7) is 0. The van der Waals surface area contributed by atoms with Gasteiger partial charge in [-0.15, -0.1) is 0 Å². The molecule has 0 spiro atoms. The van der Waals surface area contributed by atoms with Gasteiger partial charge in [-0.25, -0.2) is 0 Å². The normalized spacial score (nSPS) is 16.3. The number of hydrogen-bond acceptors (Lipinski definition) is 2. The third kappa shape index (κ3) is 3.95. The van der Waals surface area contributed by atoms with Crippen molar-refractivity contribution in [2.24, 2.45) is 0 Å². The summed E-state index contributed by atoms with van der Waals surface area (Å²) in [6.07, 6.45) is 4.40. The lowest BCUT2D eigenvalue weighted by Gasteiger charge is -2.27. The van der Waals surface area contributed by atoms with Crippen molar-refractivity contribution in [2.75, 3.05) is 4.90 Å². The van der Waals surface area contributed by atoms with Crippen LogP contribution < -0.4 is 9.64 Å². The summed E-state index contributed by atoms with van der Waals surface area (Å²) in [4.78, 5) is 2.36. The van der Waals surface area contributed by atoms with Crippen LogP contribution in [0.3, 0.4) is 0 Å². The van der Waals surface area contributed by atoms with Crippen LogP contribution >= 0.6 is 0 Å². The first-order chi connectivity index (χ1) is 21.8. The van der Waals surface area contributed by atoms with Gasteiger partial charge in [0.2, 0.25) is 0 Å². The van der Waals surface area contributed by atoms with Crippen molar-refractivity contribution >= 4 is 44.7 Å². The Morgan fingerprint density at radius 3 is 2.11 bits per heavy atom. The molecule has 0 bridgehead atoms. The van der Waals surface area contributed by atoms with Gasteiger partial charge in [0, 0.05) is 16.9 Å². The molecule has 9 rings (SSSR count). The lowest BCUT2D eigenvalue weighted by molar-refractivity contribution is 0.268. The van der Waals surface area contributed by atoms with Gasteiger partial charge in [0.15, 0.2) is 0 Å². The second-order valence-electron chi connectivity index (χ2n) is 11.7. The largest absolute Gasteiger partial charge is 0.483 e. The van der Waals surface area contributed by atoms with Crippen LogP contribution in [0.2, 0.25) is 0 Å². The number of para-hydroxylation sites is 1. The highest BCUT2D eigenvalue weighted by Gasteiger charge is 2.39. The fourth-order valence-corrected chi connectivity index (χ4v) is 7.11. The van der Waals surface area contributed by atoms with E-state index in [4.69, 9.17) is 4.74 Å². The van der Waals surface area contributed by atoms with Crippen LogP contribution in [-0.4, -0.2) is 6.10 Å². The van der Waals surface area contributed by atoms with Gasteiger partial charge >= 0.3 is 0 Å². The maximum atomic E-state index is 6.83. The van der Waals surface area contributed by atoms with Gasteiger partial charge in [0.1, 0.15) is 11.9 Å². The number of anilines is 3. The molecule has 2 nitrogen and oxygen atoms in total. The molecule has 2 aliphatic rings. The standard InChI is InChI=1S/C42H29NO/c1-2-9-28(10-3-1)29-19-22-33(23-20-29)43(34-24-25-36-32(27-34)18-17-30-11-4-6-13-35(30)36)39-16-8-15-38-41-37-14-7-5-12-31(37)21-26-40(41)44-42(38)39/h1-27,40-41H. The Morgan fingerprint density at radius 2 is 1.20 bits per heavy atom. The van der Waals surface area contributed by atoms with E-state index in [-0.39, 0.29) is 12.0 Å². The van der Waals surface area contributed by atoms with Gasteiger partial charge < -0.3 is 9.64 Å². The lowest BCUT2D eigenvalue weighted by Crippen LogP contribution is -2.20. The highest BCUT2D eigenvalue weighted by atomic mass is 16.5. The Bertz CT molecular complexity index is 2210. The molecule has 208 valence electrons. The number of ether oxygens (including phenoxy) is 1. The van der Waals surface area contributed by atoms with Crippen LogP contribution in [0.5, 0.6) is 5.75 Å². The van der Waals surface area contributed by atoms with E-state index in [2.05, 4.69) is 169 Å². The van der Waals surface area contributed by atoms with Gasteiger partial charge in [0.05, 0.1) is 11.6 Å². The molecule has 2 atom stereocenters. The van der Waals surface area contributed by atoms with Crippen molar-refractivity contribution in [1.82, 2.24) is 0 Å². The SMILES string of the molecule is C1=CC2Oc3c(cccc3N(c3ccc(-c4ccccc4)cc3)c3ccc4c(ccc5ccccc54)c3)C2c2ccccc21. The van der Waals surface area contributed by atoms with E-state index in [1.54, 1.807) is 0 Å². The van der Waals surface area contributed by atoms with Crippen LogP contribution in [0.1, 0.15) is 22.6 Å². The first-order valence-corrected chi connectivity index (χ1v) is 15.3. The summed E-state index contributed by atoms with van der Waals surface area (Å²) in [5.41, 5.74) is 9.48. The molecular weight excluding hydrogens is 534 g/mol. The molecular formula is C42H29NO. The van der Waals surface area contributed by atoms with E-state index in [0.29, 0.717) is 0 Å². The van der Waals surface area contributed by atoms with Crippen molar-refractivity contribution in [3.8, 4) is 16.9 Å². The molecule has 0 saturated carbocycles. The first-order valence-electron chi connectivity index (χ1n) is 15.3. The van der Waals surface area contributed by atoms with Crippen molar-refractivity contribution in [2.45, 2.75) is 12.0 Å². The predicted octanol–water partition coefficient (Wildman–Crippen LogP) is 11.0. The molecule has 1 aliphatic carbocycles. The molecule has 2 heteroatoms.